The zero-order valence-corrected chi connectivity index (χ0v) is 31.1. The first-order valence-electron chi connectivity index (χ1n) is 15.4. The molecule has 4 aromatic carbocycles. The molecule has 0 saturated heterocycles. The molecule has 0 aliphatic carbocycles. The SMILES string of the molecule is CC(C)(C)c1nc(-c2ccccn2)n[nH]1.[Cu+].[O-][Cl+3]([O-])([O-])[O-].c1ccc([PH+](CC[PH+](c2ccccc2)c2ccccc2)c2ccccc2)cc1. The Balaban J connectivity index is 0.000000260. The van der Waals surface area contributed by atoms with E-state index in [2.05, 4.69) is 162 Å². The van der Waals surface area contributed by atoms with Crippen LogP contribution in [0.1, 0.15) is 26.6 Å². The van der Waals surface area contributed by atoms with Crippen LogP contribution in [-0.2, 0) is 22.5 Å². The Kier molecular flexibility index (Phi) is 16.2. The van der Waals surface area contributed by atoms with Crippen molar-refractivity contribution < 1.29 is 45.9 Å². The third-order valence-electron chi connectivity index (χ3n) is 7.20. The van der Waals surface area contributed by atoms with Gasteiger partial charge in [0.15, 0.2) is 5.82 Å². The standard InChI is InChI=1S/C26H24P2.C11H14N4.ClHO4.Cu/c1-5-13-23(14-6-1)27(24-15-7-2-8-16-24)21-22-28(25-17-9-3-10-18-25)26-19-11-4-12-20-26;1-11(2,3)10-13-9(14-15-10)8-6-4-5-7-12-8;2-1(3,4)5;/h1-20H,21-22H2;4-7H,1-3H3,(H,13,14,15);(H,2,3,4,5);/q;;;+1/p+1. The number of rotatable bonds is 8. The van der Waals surface area contributed by atoms with Crippen molar-refractivity contribution in [3.63, 3.8) is 0 Å². The van der Waals surface area contributed by atoms with Crippen LogP contribution in [0.3, 0.4) is 0 Å². The monoisotopic (exact) mass is 764 g/mol. The largest absolute Gasteiger partial charge is 1.00 e. The van der Waals surface area contributed by atoms with E-state index in [-0.39, 0.29) is 22.5 Å². The second-order valence-corrected chi connectivity index (χ2v) is 17.8. The van der Waals surface area contributed by atoms with Crippen LogP contribution < -0.4 is 39.9 Å². The van der Waals surface area contributed by atoms with Gasteiger partial charge in [-0.15, -0.1) is 10.2 Å². The molecular weight excluding hydrogens is 725 g/mol. The van der Waals surface area contributed by atoms with E-state index in [9.17, 15) is 0 Å². The maximum atomic E-state index is 8.49. The predicted molar refractivity (Wildman–Crippen MR) is 189 cm³/mol. The van der Waals surface area contributed by atoms with Crippen molar-refractivity contribution in [1.82, 2.24) is 20.2 Å². The summed E-state index contributed by atoms with van der Waals surface area (Å²) in [4.78, 5) is 8.62. The topological polar surface area (TPSA) is 147 Å². The number of halogens is 1. The fraction of sp³-hybridized carbons (Fsp3) is 0.162. The van der Waals surface area contributed by atoms with E-state index < -0.39 is 26.1 Å². The van der Waals surface area contributed by atoms with Gasteiger partial charge in [-0.3, -0.25) is 10.1 Å². The fourth-order valence-electron chi connectivity index (χ4n) is 4.92. The minimum Gasteiger partial charge on any atom is -0.262 e. The molecule has 0 unspecified atom stereocenters. The van der Waals surface area contributed by atoms with Crippen LogP contribution in [0.15, 0.2) is 146 Å². The van der Waals surface area contributed by atoms with Gasteiger partial charge < -0.3 is 0 Å². The number of aromatic amines is 1. The molecule has 49 heavy (non-hydrogen) atoms. The van der Waals surface area contributed by atoms with Crippen molar-refractivity contribution in [2.75, 3.05) is 12.3 Å². The van der Waals surface area contributed by atoms with Crippen molar-refractivity contribution in [2.24, 2.45) is 0 Å². The molecule has 6 aromatic rings. The maximum absolute atomic E-state index is 8.49. The molecule has 258 valence electrons. The number of hydrogen-bond acceptors (Lipinski definition) is 7. The summed E-state index contributed by atoms with van der Waals surface area (Å²) in [5.74, 6) is 1.53. The molecule has 0 aliphatic rings. The van der Waals surface area contributed by atoms with Crippen LogP contribution in [-0.4, -0.2) is 32.5 Å². The van der Waals surface area contributed by atoms with Crippen molar-refractivity contribution in [3.8, 4) is 11.5 Å². The number of aromatic nitrogens is 4. The van der Waals surface area contributed by atoms with Crippen molar-refractivity contribution in [1.29, 1.82) is 0 Å². The molecule has 6 rings (SSSR count). The Morgan fingerprint density at radius 1 is 0.571 bits per heavy atom. The van der Waals surface area contributed by atoms with Crippen LogP contribution in [0.25, 0.3) is 11.5 Å². The quantitative estimate of drug-likeness (QED) is 0.185. The third kappa shape index (κ3) is 13.8. The fourth-order valence-corrected chi connectivity index (χ4v) is 11.1. The first-order valence-corrected chi connectivity index (χ1v) is 20.0. The van der Waals surface area contributed by atoms with Crippen molar-refractivity contribution in [3.05, 3.63) is 152 Å². The van der Waals surface area contributed by atoms with Crippen molar-refractivity contribution in [2.45, 2.75) is 26.2 Å². The summed E-state index contributed by atoms with van der Waals surface area (Å²) in [6, 6.07) is 50.2. The van der Waals surface area contributed by atoms with Gasteiger partial charge >= 0.3 is 17.1 Å². The molecule has 8 nitrogen and oxygen atoms in total. The van der Waals surface area contributed by atoms with E-state index in [4.69, 9.17) is 18.6 Å². The van der Waals surface area contributed by atoms with E-state index in [0.717, 1.165) is 11.5 Å². The van der Waals surface area contributed by atoms with E-state index in [1.165, 1.54) is 33.5 Å². The summed E-state index contributed by atoms with van der Waals surface area (Å²) in [6.07, 6.45) is 4.26. The van der Waals surface area contributed by atoms with Crippen LogP contribution in [0, 0.1) is 10.2 Å². The molecule has 0 radical (unpaired) electrons. The summed E-state index contributed by atoms with van der Waals surface area (Å²) < 4.78 is 34.0. The molecule has 2 aromatic heterocycles. The number of nitrogens with zero attached hydrogens (tertiary/aromatic N) is 3. The van der Waals surface area contributed by atoms with Crippen LogP contribution in [0.4, 0.5) is 0 Å². The summed E-state index contributed by atoms with van der Waals surface area (Å²) in [7, 11) is -6.51. The summed E-state index contributed by atoms with van der Waals surface area (Å²) in [5, 5.41) is 13.2. The van der Waals surface area contributed by atoms with Gasteiger partial charge in [0.1, 0.15) is 23.8 Å². The summed E-state index contributed by atoms with van der Waals surface area (Å²) in [5.41, 5.74) is 0.782. The summed E-state index contributed by atoms with van der Waals surface area (Å²) in [6.45, 7) is 6.28. The Bertz CT molecular complexity index is 1590. The van der Waals surface area contributed by atoms with Gasteiger partial charge in [0.25, 0.3) is 0 Å². The zero-order chi connectivity index (χ0) is 34.4. The average Bonchev–Trinajstić information content (AvgIpc) is 3.60. The van der Waals surface area contributed by atoms with Gasteiger partial charge in [-0.05, 0) is 60.7 Å². The second-order valence-electron chi connectivity index (χ2n) is 11.8. The van der Waals surface area contributed by atoms with E-state index in [0.29, 0.717) is 5.82 Å². The Hall–Kier alpha value is -3.32. The number of benzene rings is 4. The molecule has 0 bridgehead atoms. The van der Waals surface area contributed by atoms with Crippen LogP contribution in [0.5, 0.6) is 0 Å². The van der Waals surface area contributed by atoms with Crippen LogP contribution in [0.2, 0.25) is 0 Å². The van der Waals surface area contributed by atoms with E-state index in [1.807, 2.05) is 18.2 Å². The molecular formula is C37H40ClCuN4O4P2+2. The first-order chi connectivity index (χ1) is 23.0. The third-order valence-corrected chi connectivity index (χ3v) is 13.3. The second kappa shape index (κ2) is 19.8. The number of H-pyrrole nitrogens is 1. The molecule has 0 fully saturated rings. The van der Waals surface area contributed by atoms with Gasteiger partial charge in [0.05, 0.1) is 37.1 Å². The molecule has 0 saturated carbocycles. The van der Waals surface area contributed by atoms with Gasteiger partial charge in [-0.2, -0.15) is 5.10 Å². The summed E-state index contributed by atoms with van der Waals surface area (Å²) >= 11 is 0. The molecule has 0 atom stereocenters. The smallest absolute Gasteiger partial charge is 0.262 e. The molecule has 1 N–H and O–H groups in total. The number of pyridine rings is 1. The first kappa shape index (κ1) is 40.1. The average molecular weight is 766 g/mol. The molecule has 0 aliphatic heterocycles. The van der Waals surface area contributed by atoms with Gasteiger partial charge in [0.2, 0.25) is 0 Å². The Morgan fingerprint density at radius 3 is 1.20 bits per heavy atom. The minimum atomic E-state index is -4.94. The van der Waals surface area contributed by atoms with Crippen LogP contribution >= 0.6 is 15.8 Å². The number of hydrogen-bond donors (Lipinski definition) is 1. The zero-order valence-electron chi connectivity index (χ0n) is 27.4. The molecule has 0 spiro atoms. The molecule has 12 heteroatoms. The normalized spacial score (nSPS) is 11.1. The minimum absolute atomic E-state index is 0. The maximum Gasteiger partial charge on any atom is 1.00 e. The van der Waals surface area contributed by atoms with E-state index >= 15 is 0 Å². The van der Waals surface area contributed by atoms with Gasteiger partial charge in [0, 0.05) is 11.6 Å². The Labute approximate surface area is 303 Å². The Morgan fingerprint density at radius 2 is 0.918 bits per heavy atom. The molecule has 2 heterocycles. The number of nitrogens with one attached hydrogen (secondary N) is 1. The van der Waals surface area contributed by atoms with E-state index in [1.54, 1.807) is 6.20 Å². The van der Waals surface area contributed by atoms with Gasteiger partial charge in [-0.25, -0.2) is 23.6 Å². The predicted octanol–water partition coefficient (Wildman–Crippen LogP) is 2.12. The van der Waals surface area contributed by atoms with Crippen molar-refractivity contribution >= 4 is 37.1 Å². The molecule has 0 amide bonds. The van der Waals surface area contributed by atoms with Gasteiger partial charge in [-0.1, -0.05) is 99.6 Å².